The van der Waals surface area contributed by atoms with Gasteiger partial charge in [-0.1, -0.05) is 26.0 Å². The summed E-state index contributed by atoms with van der Waals surface area (Å²) in [5.41, 5.74) is 1.79. The summed E-state index contributed by atoms with van der Waals surface area (Å²) in [5.74, 6) is -0.770. The zero-order valence-corrected chi connectivity index (χ0v) is 12.3. The maximum atomic E-state index is 10.9. The molecule has 0 saturated carbocycles. The number of aliphatic carboxylic acids is 1. The van der Waals surface area contributed by atoms with Crippen molar-refractivity contribution >= 4 is 32.8 Å². The molecule has 0 aliphatic heterocycles. The van der Waals surface area contributed by atoms with Crippen LogP contribution in [0.15, 0.2) is 28.9 Å². The highest BCUT2D eigenvalue weighted by molar-refractivity contribution is 9.10. The Kier molecular flexibility index (Phi) is 3.23. The first-order valence-corrected chi connectivity index (χ1v) is 6.57. The second-order valence-electron chi connectivity index (χ2n) is 5.27. The van der Waals surface area contributed by atoms with Crippen molar-refractivity contribution in [2.24, 2.45) is 7.05 Å². The van der Waals surface area contributed by atoms with Crippen LogP contribution in [0.4, 0.5) is 0 Å². The molecule has 2 rings (SSSR count). The second-order valence-corrected chi connectivity index (χ2v) is 6.13. The van der Waals surface area contributed by atoms with Crippen LogP contribution in [0.1, 0.15) is 25.8 Å². The van der Waals surface area contributed by atoms with Gasteiger partial charge in [-0.15, -0.1) is 0 Å². The van der Waals surface area contributed by atoms with Gasteiger partial charge in [0.15, 0.2) is 0 Å². The van der Waals surface area contributed by atoms with Crippen molar-refractivity contribution in [3.8, 4) is 0 Å². The van der Waals surface area contributed by atoms with E-state index in [4.69, 9.17) is 5.11 Å². The minimum absolute atomic E-state index is 0.129. The van der Waals surface area contributed by atoms with Gasteiger partial charge in [-0.3, -0.25) is 4.79 Å². The number of aromatic nitrogens is 1. The van der Waals surface area contributed by atoms with E-state index in [2.05, 4.69) is 22.0 Å². The highest BCUT2D eigenvalue weighted by Gasteiger charge is 2.24. The summed E-state index contributed by atoms with van der Waals surface area (Å²) in [5, 5.41) is 10.1. The summed E-state index contributed by atoms with van der Waals surface area (Å²) < 4.78 is 3.10. The Morgan fingerprint density at radius 3 is 2.72 bits per heavy atom. The van der Waals surface area contributed by atoms with Gasteiger partial charge < -0.3 is 9.67 Å². The minimum atomic E-state index is -0.770. The van der Waals surface area contributed by atoms with Crippen LogP contribution in [0.25, 0.3) is 10.9 Å². The van der Waals surface area contributed by atoms with E-state index in [9.17, 15) is 4.79 Å². The molecule has 1 aromatic carbocycles. The molecule has 0 saturated heterocycles. The Hall–Kier alpha value is -1.29. The highest BCUT2D eigenvalue weighted by Crippen LogP contribution is 2.32. The third-order valence-electron chi connectivity index (χ3n) is 3.32. The molecule has 0 aliphatic carbocycles. The molecule has 1 N–H and O–H groups in total. The number of fused-ring (bicyclic) bond motifs is 1. The SMILES string of the molecule is Cn1cc(Br)c2ccc(C(C)(C)CC(=O)O)cc21. The van der Waals surface area contributed by atoms with Crippen LogP contribution in [0.5, 0.6) is 0 Å². The van der Waals surface area contributed by atoms with Crippen LogP contribution >= 0.6 is 15.9 Å². The molecular formula is C14H16BrNO2. The molecule has 2 aromatic rings. The van der Waals surface area contributed by atoms with Gasteiger partial charge in [-0.25, -0.2) is 0 Å². The Morgan fingerprint density at radius 2 is 2.11 bits per heavy atom. The van der Waals surface area contributed by atoms with Crippen LogP contribution in [0.2, 0.25) is 0 Å². The molecule has 0 amide bonds. The minimum Gasteiger partial charge on any atom is -0.481 e. The first-order valence-electron chi connectivity index (χ1n) is 5.78. The molecule has 0 bridgehead atoms. The first kappa shape index (κ1) is 13.1. The van der Waals surface area contributed by atoms with E-state index in [1.165, 1.54) is 0 Å². The van der Waals surface area contributed by atoms with Gasteiger partial charge in [0.05, 0.1) is 6.42 Å². The number of carboxylic acids is 1. The second kappa shape index (κ2) is 4.43. The van der Waals surface area contributed by atoms with E-state index in [1.54, 1.807) is 0 Å². The van der Waals surface area contributed by atoms with Crippen LogP contribution in [-0.2, 0) is 17.3 Å². The number of benzene rings is 1. The predicted molar refractivity (Wildman–Crippen MR) is 75.9 cm³/mol. The van der Waals surface area contributed by atoms with Gasteiger partial charge in [-0.2, -0.15) is 0 Å². The summed E-state index contributed by atoms with van der Waals surface area (Å²) in [6.45, 7) is 3.92. The molecule has 0 unspecified atom stereocenters. The topological polar surface area (TPSA) is 42.2 Å². The lowest BCUT2D eigenvalue weighted by Gasteiger charge is -2.23. The molecule has 18 heavy (non-hydrogen) atoms. The normalized spacial score (nSPS) is 12.0. The molecule has 4 heteroatoms. The predicted octanol–water partition coefficient (Wildman–Crippen LogP) is 3.69. The van der Waals surface area contributed by atoms with Crippen LogP contribution in [0, 0.1) is 0 Å². The van der Waals surface area contributed by atoms with Crippen LogP contribution in [0.3, 0.4) is 0 Å². The summed E-state index contributed by atoms with van der Waals surface area (Å²) in [7, 11) is 1.99. The van der Waals surface area contributed by atoms with Gasteiger partial charge in [0, 0.05) is 34.0 Å². The number of rotatable bonds is 3. The van der Waals surface area contributed by atoms with Gasteiger partial charge in [0.1, 0.15) is 0 Å². The molecule has 1 aromatic heterocycles. The van der Waals surface area contributed by atoms with Crippen molar-refractivity contribution in [3.05, 3.63) is 34.4 Å². The lowest BCUT2D eigenvalue weighted by atomic mass is 9.81. The quantitative estimate of drug-likeness (QED) is 0.939. The molecule has 96 valence electrons. The van der Waals surface area contributed by atoms with Gasteiger partial charge in [0.2, 0.25) is 0 Å². The largest absolute Gasteiger partial charge is 0.481 e. The van der Waals surface area contributed by atoms with Gasteiger partial charge in [0.25, 0.3) is 0 Å². The molecule has 0 atom stereocenters. The van der Waals surface area contributed by atoms with Crippen molar-refractivity contribution in [3.63, 3.8) is 0 Å². The van der Waals surface area contributed by atoms with Crippen molar-refractivity contribution in [2.45, 2.75) is 25.7 Å². The molecule has 3 nitrogen and oxygen atoms in total. The summed E-state index contributed by atoms with van der Waals surface area (Å²) in [6, 6.07) is 6.12. The number of hydrogen-bond acceptors (Lipinski definition) is 1. The van der Waals surface area contributed by atoms with E-state index in [-0.39, 0.29) is 11.8 Å². The Morgan fingerprint density at radius 1 is 1.44 bits per heavy atom. The van der Waals surface area contributed by atoms with Gasteiger partial charge in [-0.05, 0) is 27.6 Å². The van der Waals surface area contributed by atoms with Crippen molar-refractivity contribution in [1.82, 2.24) is 4.57 Å². The highest BCUT2D eigenvalue weighted by atomic mass is 79.9. The number of aryl methyl sites for hydroxylation is 1. The molecule has 0 aliphatic rings. The summed E-state index contributed by atoms with van der Waals surface area (Å²) in [4.78, 5) is 10.9. The standard InChI is InChI=1S/C14H16BrNO2/c1-14(2,7-13(17)18)9-4-5-10-11(15)8-16(3)12(10)6-9/h4-6,8H,7H2,1-3H3,(H,17,18). The van der Waals surface area contributed by atoms with Crippen molar-refractivity contribution in [1.29, 1.82) is 0 Å². The molecule has 1 heterocycles. The van der Waals surface area contributed by atoms with E-state index >= 15 is 0 Å². The number of hydrogen-bond donors (Lipinski definition) is 1. The average Bonchev–Trinajstić information content (AvgIpc) is 2.53. The monoisotopic (exact) mass is 309 g/mol. The van der Waals surface area contributed by atoms with Gasteiger partial charge >= 0.3 is 5.97 Å². The van der Waals surface area contributed by atoms with Crippen LogP contribution < -0.4 is 0 Å². The fourth-order valence-electron chi connectivity index (χ4n) is 2.24. The van der Waals surface area contributed by atoms with E-state index < -0.39 is 5.97 Å². The Labute approximate surface area is 115 Å². The first-order chi connectivity index (χ1) is 8.31. The summed E-state index contributed by atoms with van der Waals surface area (Å²) in [6.07, 6.45) is 2.14. The number of nitrogens with zero attached hydrogens (tertiary/aromatic N) is 1. The third kappa shape index (κ3) is 2.29. The zero-order valence-electron chi connectivity index (χ0n) is 10.7. The van der Waals surface area contributed by atoms with E-state index in [1.807, 2.05) is 43.8 Å². The smallest absolute Gasteiger partial charge is 0.304 e. The van der Waals surface area contributed by atoms with Crippen molar-refractivity contribution < 1.29 is 9.90 Å². The fourth-order valence-corrected chi connectivity index (χ4v) is 2.88. The molecule has 0 fully saturated rings. The molecule has 0 spiro atoms. The number of halogens is 1. The average molecular weight is 310 g/mol. The number of carbonyl (C=O) groups is 1. The Balaban J connectivity index is 2.53. The molecule has 0 radical (unpaired) electrons. The maximum absolute atomic E-state index is 10.9. The zero-order chi connectivity index (χ0) is 13.5. The number of carboxylic acid groups (broad SMARTS) is 1. The van der Waals surface area contributed by atoms with Crippen LogP contribution in [-0.4, -0.2) is 15.6 Å². The maximum Gasteiger partial charge on any atom is 0.304 e. The molecular weight excluding hydrogens is 294 g/mol. The van der Waals surface area contributed by atoms with Crippen molar-refractivity contribution in [2.75, 3.05) is 0 Å². The lowest BCUT2D eigenvalue weighted by Crippen LogP contribution is -2.21. The fraction of sp³-hybridized carbons (Fsp3) is 0.357. The summed E-state index contributed by atoms with van der Waals surface area (Å²) >= 11 is 3.52. The lowest BCUT2D eigenvalue weighted by molar-refractivity contribution is -0.138. The Bertz CT molecular complexity index is 614. The van der Waals surface area contributed by atoms with E-state index in [0.29, 0.717) is 0 Å². The third-order valence-corrected chi connectivity index (χ3v) is 3.95. The van der Waals surface area contributed by atoms with E-state index in [0.717, 1.165) is 20.9 Å².